The summed E-state index contributed by atoms with van der Waals surface area (Å²) in [6.07, 6.45) is -0.647. The summed E-state index contributed by atoms with van der Waals surface area (Å²) in [6.45, 7) is 24.8. The van der Waals surface area contributed by atoms with Crippen molar-refractivity contribution in [1.29, 1.82) is 0 Å². The summed E-state index contributed by atoms with van der Waals surface area (Å²) in [4.78, 5) is 22.5. The summed E-state index contributed by atoms with van der Waals surface area (Å²) < 4.78 is 71.8. The van der Waals surface area contributed by atoms with Crippen LogP contribution in [0.4, 0.5) is 9.59 Å². The number of hydrogen-bond donors (Lipinski definition) is 4. The highest BCUT2D eigenvalue weighted by molar-refractivity contribution is 7.90. The molecule has 0 aliphatic rings. The number of nitrogens with one attached hydrogen (secondary N) is 3. The zero-order chi connectivity index (χ0) is 57.4. The number of halogens is 1. The molecule has 5 N–H and O–H groups in total. The summed E-state index contributed by atoms with van der Waals surface area (Å²) in [5, 5.41) is 2.87. The molecule has 15 heteroatoms. The SMILES string of the molecule is CC(C)c1cc(C(C)C)c(S(=O)(=O)N[C@@H](c2ccccc2)[C@@H](N)c2ccccc2)c(C(C)C)c1.COC(=O)Cl.COC(=O)N[C@@H](c1ccccc1)[C@@H](NS(=O)(=O)c1c(C(C)C)cc(C(C)C)cc1C(C)C)c1ccccc1. The molecule has 6 rings (SSSR count). The van der Waals surface area contributed by atoms with Gasteiger partial charge in [0.15, 0.2) is 0 Å². The lowest BCUT2D eigenvalue weighted by atomic mass is 9.89. The average molecular weight is 1110 g/mol. The topological polar surface area (TPSA) is 183 Å². The Morgan fingerprint density at radius 2 is 0.688 bits per heavy atom. The smallest absolute Gasteiger partial charge is 0.407 e. The molecule has 0 heterocycles. The molecular weight excluding hydrogens is 1030 g/mol. The van der Waals surface area contributed by atoms with E-state index in [1.807, 2.05) is 189 Å². The first-order valence-electron chi connectivity index (χ1n) is 26.2. The van der Waals surface area contributed by atoms with Gasteiger partial charge in [0.05, 0.1) is 48.2 Å². The van der Waals surface area contributed by atoms with Crippen LogP contribution in [0.1, 0.15) is 198 Å². The van der Waals surface area contributed by atoms with Crippen LogP contribution >= 0.6 is 11.6 Å². The number of benzene rings is 6. The Labute approximate surface area is 465 Å². The second kappa shape index (κ2) is 29.2. The van der Waals surface area contributed by atoms with Crippen molar-refractivity contribution >= 4 is 43.2 Å². The third-order valence-electron chi connectivity index (χ3n) is 13.2. The minimum atomic E-state index is -4.04. The molecule has 6 aromatic rings. The van der Waals surface area contributed by atoms with Gasteiger partial charge in [-0.15, -0.1) is 0 Å². The van der Waals surface area contributed by atoms with Crippen LogP contribution in [0.25, 0.3) is 0 Å². The highest BCUT2D eigenvalue weighted by Gasteiger charge is 2.36. The first-order valence-corrected chi connectivity index (χ1v) is 29.5. The first kappa shape index (κ1) is 63.7. The molecule has 6 aromatic carbocycles. The summed E-state index contributed by atoms with van der Waals surface area (Å²) >= 11 is 4.60. The highest BCUT2D eigenvalue weighted by Crippen LogP contribution is 2.40. The van der Waals surface area contributed by atoms with E-state index in [1.54, 1.807) is 0 Å². The maximum Gasteiger partial charge on any atom is 0.407 e. The molecule has 0 saturated carbocycles. The molecule has 0 spiro atoms. The van der Waals surface area contributed by atoms with Gasteiger partial charge in [0, 0.05) is 11.6 Å². The van der Waals surface area contributed by atoms with Crippen LogP contribution in [0.5, 0.6) is 0 Å². The van der Waals surface area contributed by atoms with Crippen LogP contribution in [0, 0.1) is 0 Å². The molecule has 0 aliphatic heterocycles. The number of sulfonamides is 2. The lowest BCUT2D eigenvalue weighted by Crippen LogP contribution is -2.41. The van der Waals surface area contributed by atoms with Crippen LogP contribution in [-0.2, 0) is 29.5 Å². The first-order chi connectivity index (χ1) is 36.3. The van der Waals surface area contributed by atoms with Crippen molar-refractivity contribution in [3.8, 4) is 0 Å². The van der Waals surface area contributed by atoms with Crippen molar-refractivity contribution in [3.05, 3.63) is 201 Å². The van der Waals surface area contributed by atoms with E-state index >= 15 is 0 Å². The van der Waals surface area contributed by atoms with Gasteiger partial charge in [-0.3, -0.25) is 0 Å². The molecule has 0 aromatic heterocycles. The van der Waals surface area contributed by atoms with E-state index in [0.29, 0.717) is 15.7 Å². The quantitative estimate of drug-likeness (QED) is 0.0574. The molecule has 77 heavy (non-hydrogen) atoms. The number of nitrogens with two attached hydrogens (primary N) is 1. The number of rotatable bonds is 19. The van der Waals surface area contributed by atoms with Crippen molar-refractivity contribution in [2.75, 3.05) is 14.2 Å². The minimum Gasteiger partial charge on any atom is -0.457 e. The zero-order valence-electron chi connectivity index (χ0n) is 47.2. The average Bonchev–Trinajstić information content (AvgIpc) is 3.41. The highest BCUT2D eigenvalue weighted by atomic mass is 35.5. The summed E-state index contributed by atoms with van der Waals surface area (Å²) in [5.74, 6) is 0.667. The van der Waals surface area contributed by atoms with Crippen LogP contribution in [-0.4, -0.2) is 42.6 Å². The van der Waals surface area contributed by atoms with Crippen molar-refractivity contribution in [3.63, 3.8) is 0 Å². The van der Waals surface area contributed by atoms with E-state index in [-0.39, 0.29) is 29.6 Å². The lowest BCUT2D eigenvalue weighted by Gasteiger charge is -2.31. The Hall–Kier alpha value is -5.87. The molecule has 0 aliphatic carbocycles. The van der Waals surface area contributed by atoms with E-state index in [9.17, 15) is 26.4 Å². The number of carbonyl (C=O) groups excluding carboxylic acids is 2. The van der Waals surface area contributed by atoms with E-state index < -0.39 is 55.7 Å². The Morgan fingerprint density at radius 3 is 0.961 bits per heavy atom. The Morgan fingerprint density at radius 1 is 0.416 bits per heavy atom. The van der Waals surface area contributed by atoms with Crippen molar-refractivity contribution in [2.45, 2.75) is 153 Å². The number of alkyl carbamates (subject to hydrolysis) is 1. The van der Waals surface area contributed by atoms with Gasteiger partial charge >= 0.3 is 11.5 Å². The fraction of sp³-hybridized carbons (Fsp3) is 0.387. The van der Waals surface area contributed by atoms with Crippen molar-refractivity contribution < 1.29 is 35.9 Å². The normalized spacial score (nSPS) is 13.3. The second-order valence-corrected chi connectivity index (χ2v) is 24.5. The maximum absolute atomic E-state index is 14.4. The Bertz CT molecular complexity index is 2990. The van der Waals surface area contributed by atoms with Gasteiger partial charge in [0.2, 0.25) is 20.0 Å². The number of methoxy groups -OCH3 is 2. The Balaban J connectivity index is 0.000000307. The molecule has 12 nitrogen and oxygen atoms in total. The standard InChI is InChI=1S/C31H40N2O4S.C29H38N2O2S.C2H3ClO2/c1-20(2)25-18-26(21(3)4)30(27(19-25)22(5)6)38(35,36)33-29(24-16-12-9-13-17-24)28(32-31(34)37-7)23-14-10-8-11-15-23;1-19(2)24-17-25(20(3)4)29(26(18-24)21(5)6)34(32,33)31-28(23-15-11-8-12-16-23)27(30)22-13-9-7-10-14-22;1-5-2(3)4/h8-22,28-29,33H,1-7H3,(H,32,34);7-21,27-28,31H,30H2,1-6H3;1H3/t28-,29-;27-,28-;/m00./s1. The summed E-state index contributed by atoms with van der Waals surface area (Å²) in [5.41, 5.74) is 14.6. The molecule has 4 atom stereocenters. The van der Waals surface area contributed by atoms with Gasteiger partial charge in [-0.1, -0.05) is 229 Å². The number of ether oxygens (including phenoxy) is 2. The molecular formula is C62H81ClN4O8S2. The summed E-state index contributed by atoms with van der Waals surface area (Å²) in [6, 6.07) is 43.3. The minimum absolute atomic E-state index is 0.00827. The largest absolute Gasteiger partial charge is 0.457 e. The van der Waals surface area contributed by atoms with Crippen LogP contribution in [0.2, 0.25) is 0 Å². The van der Waals surface area contributed by atoms with E-state index in [0.717, 1.165) is 55.6 Å². The van der Waals surface area contributed by atoms with Gasteiger partial charge in [0.25, 0.3) is 0 Å². The van der Waals surface area contributed by atoms with Gasteiger partial charge in [-0.05, 0) is 91.1 Å². The van der Waals surface area contributed by atoms with E-state index in [4.69, 9.17) is 10.5 Å². The fourth-order valence-electron chi connectivity index (χ4n) is 8.92. The number of hydrogen-bond acceptors (Lipinski definition) is 9. The van der Waals surface area contributed by atoms with Gasteiger partial charge in [0.1, 0.15) is 0 Å². The molecule has 0 fully saturated rings. The lowest BCUT2D eigenvalue weighted by molar-refractivity contribution is 0.164. The molecule has 0 bridgehead atoms. The maximum atomic E-state index is 14.4. The summed E-state index contributed by atoms with van der Waals surface area (Å²) in [7, 11) is -5.42. The molecule has 1 amide bonds. The zero-order valence-corrected chi connectivity index (χ0v) is 49.6. The molecule has 0 radical (unpaired) electrons. The van der Waals surface area contributed by atoms with Crippen LogP contribution in [0.15, 0.2) is 155 Å². The number of amides is 1. The third kappa shape index (κ3) is 17.6. The second-order valence-electron chi connectivity index (χ2n) is 20.9. The van der Waals surface area contributed by atoms with E-state index in [2.05, 4.69) is 70.9 Å². The van der Waals surface area contributed by atoms with Crippen LogP contribution in [0.3, 0.4) is 0 Å². The fourth-order valence-corrected chi connectivity index (χ4v) is 12.8. The van der Waals surface area contributed by atoms with Gasteiger partial charge in [-0.25, -0.2) is 35.9 Å². The predicted octanol–water partition coefficient (Wildman–Crippen LogP) is 14.9. The van der Waals surface area contributed by atoms with E-state index in [1.165, 1.54) is 14.2 Å². The molecule has 0 unspecified atom stereocenters. The predicted molar refractivity (Wildman–Crippen MR) is 313 cm³/mol. The molecule has 416 valence electrons. The van der Waals surface area contributed by atoms with Crippen molar-refractivity contribution in [1.82, 2.24) is 14.8 Å². The monoisotopic (exact) mass is 1110 g/mol. The third-order valence-corrected chi connectivity index (χ3v) is 16.5. The van der Waals surface area contributed by atoms with Gasteiger partial charge in [-0.2, -0.15) is 0 Å². The van der Waals surface area contributed by atoms with Gasteiger partial charge < -0.3 is 20.5 Å². The van der Waals surface area contributed by atoms with Crippen molar-refractivity contribution in [2.24, 2.45) is 5.73 Å². The Kier molecular flexibility index (Phi) is 24.1. The van der Waals surface area contributed by atoms with Crippen LogP contribution < -0.4 is 20.5 Å². The number of carbonyl (C=O) groups is 2. The molecule has 0 saturated heterocycles.